The van der Waals surface area contributed by atoms with Crippen LogP contribution in [0.2, 0.25) is 0 Å². The molecule has 6 heteroatoms. The lowest BCUT2D eigenvalue weighted by molar-refractivity contribution is -0.149. The lowest BCUT2D eigenvalue weighted by atomic mass is 9.98. The number of para-hydroxylation sites is 1. The molecule has 2 aliphatic heterocycles. The zero-order valence-corrected chi connectivity index (χ0v) is 13.7. The lowest BCUT2D eigenvalue weighted by Crippen LogP contribution is -2.40. The van der Waals surface area contributed by atoms with E-state index in [1.807, 2.05) is 32.0 Å². The topological polar surface area (TPSA) is 67.9 Å². The maximum atomic E-state index is 12.4. The van der Waals surface area contributed by atoms with Gasteiger partial charge >= 0.3 is 12.0 Å². The van der Waals surface area contributed by atoms with Crippen LogP contribution in [0.15, 0.2) is 18.2 Å². The molecule has 1 N–H and O–H groups in total. The molecule has 0 saturated carbocycles. The Hall–Kier alpha value is -2.24. The second-order valence-electron chi connectivity index (χ2n) is 5.87. The SMILES string of the molecule is CCNC(=O)N1C[C@@H](C(=O)OCC)[C@@H]2Oc3c(C)cccc3[C@@H]21. The number of hydrogen-bond acceptors (Lipinski definition) is 4. The second kappa shape index (κ2) is 6.10. The molecule has 124 valence electrons. The van der Waals surface area contributed by atoms with Crippen molar-refractivity contribution in [2.75, 3.05) is 19.7 Å². The molecule has 2 heterocycles. The molecule has 23 heavy (non-hydrogen) atoms. The highest BCUT2D eigenvalue weighted by molar-refractivity contribution is 5.80. The average Bonchev–Trinajstić information content (AvgIpc) is 3.06. The molecule has 1 aromatic carbocycles. The van der Waals surface area contributed by atoms with Gasteiger partial charge in [0.2, 0.25) is 0 Å². The summed E-state index contributed by atoms with van der Waals surface area (Å²) in [5, 5.41) is 2.82. The molecular formula is C17H22N2O4. The highest BCUT2D eigenvalue weighted by Crippen LogP contribution is 2.48. The first kappa shape index (κ1) is 15.6. The standard InChI is InChI=1S/C17H22N2O4/c1-4-18-17(21)19-9-12(16(20)22-5-2)15-13(19)11-8-6-7-10(3)14(11)23-15/h6-8,12-13,15H,4-5,9H2,1-3H3,(H,18,21)/t12-,13+,15+/m1/s1. The van der Waals surface area contributed by atoms with E-state index in [2.05, 4.69) is 5.32 Å². The zero-order valence-electron chi connectivity index (χ0n) is 13.7. The van der Waals surface area contributed by atoms with E-state index in [4.69, 9.17) is 9.47 Å². The van der Waals surface area contributed by atoms with Crippen molar-refractivity contribution in [2.45, 2.75) is 32.9 Å². The van der Waals surface area contributed by atoms with Crippen LogP contribution in [0.5, 0.6) is 5.75 Å². The van der Waals surface area contributed by atoms with Crippen molar-refractivity contribution >= 4 is 12.0 Å². The number of carbonyl (C=O) groups is 2. The van der Waals surface area contributed by atoms with Gasteiger partial charge in [-0.3, -0.25) is 4.79 Å². The number of nitrogens with one attached hydrogen (secondary N) is 1. The fourth-order valence-corrected chi connectivity index (χ4v) is 3.44. The van der Waals surface area contributed by atoms with Crippen molar-refractivity contribution in [3.8, 4) is 5.75 Å². The van der Waals surface area contributed by atoms with Crippen molar-refractivity contribution in [3.05, 3.63) is 29.3 Å². The molecule has 0 spiro atoms. The van der Waals surface area contributed by atoms with E-state index in [1.165, 1.54) is 0 Å². The number of esters is 1. The molecular weight excluding hydrogens is 296 g/mol. The molecule has 0 aromatic heterocycles. The van der Waals surface area contributed by atoms with E-state index in [0.29, 0.717) is 19.7 Å². The fourth-order valence-electron chi connectivity index (χ4n) is 3.44. The number of hydrogen-bond donors (Lipinski definition) is 1. The highest BCUT2D eigenvalue weighted by Gasteiger charge is 2.54. The molecule has 0 radical (unpaired) electrons. The maximum absolute atomic E-state index is 12.4. The van der Waals surface area contributed by atoms with Gasteiger partial charge in [-0.2, -0.15) is 0 Å². The summed E-state index contributed by atoms with van der Waals surface area (Å²) in [5.41, 5.74) is 1.98. The number of aryl methyl sites for hydroxylation is 1. The van der Waals surface area contributed by atoms with Crippen LogP contribution in [0.3, 0.4) is 0 Å². The number of fused-ring (bicyclic) bond motifs is 3. The molecule has 0 unspecified atom stereocenters. The molecule has 3 atom stereocenters. The summed E-state index contributed by atoms with van der Waals surface area (Å²) in [6.45, 7) is 6.79. The van der Waals surface area contributed by atoms with Crippen molar-refractivity contribution in [1.82, 2.24) is 10.2 Å². The first-order chi connectivity index (χ1) is 11.1. The highest BCUT2D eigenvalue weighted by atomic mass is 16.5. The molecule has 0 bridgehead atoms. The smallest absolute Gasteiger partial charge is 0.318 e. The van der Waals surface area contributed by atoms with Crippen molar-refractivity contribution in [3.63, 3.8) is 0 Å². The Balaban J connectivity index is 1.96. The first-order valence-electron chi connectivity index (χ1n) is 8.05. The molecule has 6 nitrogen and oxygen atoms in total. The Labute approximate surface area is 135 Å². The van der Waals surface area contributed by atoms with Gasteiger partial charge in [-0.15, -0.1) is 0 Å². The predicted octanol–water partition coefficient (Wildman–Crippen LogP) is 2.02. The Morgan fingerprint density at radius 1 is 1.39 bits per heavy atom. The zero-order chi connectivity index (χ0) is 16.6. The van der Waals surface area contributed by atoms with Gasteiger partial charge in [0.25, 0.3) is 0 Å². The quantitative estimate of drug-likeness (QED) is 0.866. The number of rotatable bonds is 3. The third kappa shape index (κ3) is 2.52. The van der Waals surface area contributed by atoms with Crippen LogP contribution < -0.4 is 10.1 Å². The van der Waals surface area contributed by atoms with Crippen LogP contribution in [-0.4, -0.2) is 42.7 Å². The van der Waals surface area contributed by atoms with E-state index >= 15 is 0 Å². The van der Waals surface area contributed by atoms with Gasteiger partial charge in [-0.1, -0.05) is 18.2 Å². The Morgan fingerprint density at radius 2 is 2.17 bits per heavy atom. The largest absolute Gasteiger partial charge is 0.486 e. The van der Waals surface area contributed by atoms with Crippen LogP contribution in [0.25, 0.3) is 0 Å². The van der Waals surface area contributed by atoms with Crippen LogP contribution in [0.1, 0.15) is 31.0 Å². The molecule has 1 saturated heterocycles. The fraction of sp³-hybridized carbons (Fsp3) is 0.529. The molecule has 2 amide bonds. The van der Waals surface area contributed by atoms with E-state index in [-0.39, 0.29) is 24.1 Å². The minimum Gasteiger partial charge on any atom is -0.486 e. The predicted molar refractivity (Wildman–Crippen MR) is 84.2 cm³/mol. The van der Waals surface area contributed by atoms with Gasteiger partial charge in [0, 0.05) is 18.7 Å². The normalized spacial score (nSPS) is 24.7. The van der Waals surface area contributed by atoms with Gasteiger partial charge < -0.3 is 19.7 Å². The maximum Gasteiger partial charge on any atom is 0.318 e. The number of benzene rings is 1. The summed E-state index contributed by atoms with van der Waals surface area (Å²) in [7, 11) is 0. The number of urea groups is 1. The molecule has 1 fully saturated rings. The van der Waals surface area contributed by atoms with Gasteiger partial charge in [-0.05, 0) is 26.3 Å². The van der Waals surface area contributed by atoms with Crippen LogP contribution in [0.4, 0.5) is 4.79 Å². The molecule has 2 aliphatic rings. The minimum atomic E-state index is -0.464. The number of likely N-dealkylation sites (tertiary alicyclic amines) is 1. The summed E-state index contributed by atoms with van der Waals surface area (Å²) in [5.74, 6) is 0.0138. The molecule has 0 aliphatic carbocycles. The first-order valence-corrected chi connectivity index (χ1v) is 8.05. The van der Waals surface area contributed by atoms with Gasteiger partial charge in [0.05, 0.1) is 6.61 Å². The van der Waals surface area contributed by atoms with E-state index in [0.717, 1.165) is 16.9 Å². The van der Waals surface area contributed by atoms with Gasteiger partial charge in [0.15, 0.2) is 0 Å². The third-order valence-electron chi connectivity index (χ3n) is 4.43. The van der Waals surface area contributed by atoms with Gasteiger partial charge in [-0.25, -0.2) is 4.79 Å². The number of ether oxygens (including phenoxy) is 2. The summed E-state index contributed by atoms with van der Waals surface area (Å²) in [6.07, 6.45) is -0.382. The van der Waals surface area contributed by atoms with Crippen LogP contribution in [-0.2, 0) is 9.53 Å². The Morgan fingerprint density at radius 3 is 2.87 bits per heavy atom. The number of nitrogens with zero attached hydrogens (tertiary/aromatic N) is 1. The number of carbonyl (C=O) groups excluding carboxylic acids is 2. The molecule has 1 aromatic rings. The van der Waals surface area contributed by atoms with Crippen LogP contribution >= 0.6 is 0 Å². The summed E-state index contributed by atoms with van der Waals surface area (Å²) in [4.78, 5) is 26.4. The van der Waals surface area contributed by atoms with E-state index < -0.39 is 5.92 Å². The van der Waals surface area contributed by atoms with Crippen molar-refractivity contribution in [2.24, 2.45) is 5.92 Å². The van der Waals surface area contributed by atoms with Crippen molar-refractivity contribution in [1.29, 1.82) is 0 Å². The van der Waals surface area contributed by atoms with E-state index in [9.17, 15) is 9.59 Å². The molecule has 3 rings (SSSR count). The average molecular weight is 318 g/mol. The Kier molecular flexibility index (Phi) is 4.15. The number of amides is 2. The summed E-state index contributed by atoms with van der Waals surface area (Å²) >= 11 is 0. The van der Waals surface area contributed by atoms with Gasteiger partial charge in [0.1, 0.15) is 23.8 Å². The van der Waals surface area contributed by atoms with E-state index in [1.54, 1.807) is 11.8 Å². The minimum absolute atomic E-state index is 0.174. The Bertz CT molecular complexity index is 631. The van der Waals surface area contributed by atoms with Crippen molar-refractivity contribution < 1.29 is 19.1 Å². The third-order valence-corrected chi connectivity index (χ3v) is 4.43. The summed E-state index contributed by atoms with van der Waals surface area (Å²) in [6, 6.07) is 5.47. The second-order valence-corrected chi connectivity index (χ2v) is 5.87. The monoisotopic (exact) mass is 318 g/mol. The van der Waals surface area contributed by atoms with Crippen LogP contribution in [0, 0.1) is 12.8 Å². The lowest BCUT2D eigenvalue weighted by Gasteiger charge is -2.23. The summed E-state index contributed by atoms with van der Waals surface area (Å²) < 4.78 is 11.3.